The molecule has 0 saturated carbocycles. The molecule has 32 heavy (non-hydrogen) atoms. The highest BCUT2D eigenvalue weighted by molar-refractivity contribution is 6.06. The first kappa shape index (κ1) is 21.5. The average molecular weight is 447 g/mol. The summed E-state index contributed by atoms with van der Waals surface area (Å²) in [6, 6.07) is 5.46. The third-order valence-electron chi connectivity index (χ3n) is 4.75. The van der Waals surface area contributed by atoms with E-state index in [-0.39, 0.29) is 11.4 Å². The summed E-state index contributed by atoms with van der Waals surface area (Å²) >= 11 is 0. The Labute approximate surface area is 180 Å². The molecule has 3 heterocycles. The van der Waals surface area contributed by atoms with Crippen molar-refractivity contribution in [2.75, 3.05) is 23.3 Å². The molecule has 0 radical (unpaired) electrons. The van der Waals surface area contributed by atoms with E-state index in [4.69, 9.17) is 4.74 Å². The van der Waals surface area contributed by atoms with Gasteiger partial charge < -0.3 is 15.0 Å². The molecule has 0 atom stereocenters. The summed E-state index contributed by atoms with van der Waals surface area (Å²) in [5.41, 5.74) is 0.896. The fraction of sp³-hybridized carbons (Fsp3) is 0.238. The van der Waals surface area contributed by atoms with Gasteiger partial charge in [-0.25, -0.2) is 9.37 Å². The molecule has 3 aromatic rings. The van der Waals surface area contributed by atoms with E-state index in [9.17, 15) is 22.4 Å². The van der Waals surface area contributed by atoms with Gasteiger partial charge >= 0.3 is 6.18 Å². The van der Waals surface area contributed by atoms with Crippen molar-refractivity contribution in [3.05, 3.63) is 71.6 Å². The fourth-order valence-electron chi connectivity index (χ4n) is 3.22. The van der Waals surface area contributed by atoms with Gasteiger partial charge in [-0.3, -0.25) is 4.79 Å². The van der Waals surface area contributed by atoms with Gasteiger partial charge in [0.2, 0.25) is 0 Å². The number of halogens is 4. The fourth-order valence-corrected chi connectivity index (χ4v) is 3.22. The molecular formula is C21H17F4N5O2. The van der Waals surface area contributed by atoms with Crippen LogP contribution in [0.4, 0.5) is 28.9 Å². The van der Waals surface area contributed by atoms with Gasteiger partial charge in [0.1, 0.15) is 17.7 Å². The van der Waals surface area contributed by atoms with Gasteiger partial charge in [0.15, 0.2) is 5.69 Å². The van der Waals surface area contributed by atoms with E-state index in [1.165, 1.54) is 12.4 Å². The molecule has 11 heteroatoms. The maximum atomic E-state index is 13.6. The number of rotatable bonds is 5. The maximum Gasteiger partial charge on any atom is 0.416 e. The number of benzene rings is 1. The molecule has 166 valence electrons. The summed E-state index contributed by atoms with van der Waals surface area (Å²) in [6.07, 6.45) is -0.757. The van der Waals surface area contributed by atoms with Gasteiger partial charge in [0.05, 0.1) is 42.4 Å². The molecule has 4 rings (SSSR count). The molecule has 0 spiro atoms. The van der Waals surface area contributed by atoms with Gasteiger partial charge in [-0.1, -0.05) is 0 Å². The van der Waals surface area contributed by atoms with Crippen LogP contribution in [-0.2, 0) is 6.18 Å². The number of carbonyl (C=O) groups excluding carboxylic acids is 1. The van der Waals surface area contributed by atoms with Crippen molar-refractivity contribution in [2.24, 2.45) is 0 Å². The number of carbonyl (C=O) groups is 1. The van der Waals surface area contributed by atoms with E-state index in [1.54, 1.807) is 18.3 Å². The lowest BCUT2D eigenvalue weighted by atomic mass is 10.1. The van der Waals surface area contributed by atoms with Crippen molar-refractivity contribution in [1.82, 2.24) is 15.2 Å². The van der Waals surface area contributed by atoms with E-state index >= 15 is 0 Å². The SMILES string of the molecule is Cc1cnc(C(=O)Nc2ccnnc2)c(N2CC(Oc3cc(F)cc(C(F)(F)F)c3)C2)c1. The lowest BCUT2D eigenvalue weighted by molar-refractivity contribution is -0.137. The Morgan fingerprint density at radius 2 is 1.94 bits per heavy atom. The third kappa shape index (κ3) is 4.76. The number of alkyl halides is 3. The zero-order valence-corrected chi connectivity index (χ0v) is 16.7. The smallest absolute Gasteiger partial charge is 0.416 e. The van der Waals surface area contributed by atoms with Gasteiger partial charge in [-0.05, 0) is 36.8 Å². The molecule has 1 aromatic carbocycles. The Bertz CT molecular complexity index is 1130. The van der Waals surface area contributed by atoms with Crippen LogP contribution in [0.3, 0.4) is 0 Å². The van der Waals surface area contributed by atoms with Crippen molar-refractivity contribution in [2.45, 2.75) is 19.2 Å². The Kier molecular flexibility index (Phi) is 5.64. The van der Waals surface area contributed by atoms with Crippen LogP contribution in [0.1, 0.15) is 21.6 Å². The van der Waals surface area contributed by atoms with E-state index in [0.717, 1.165) is 17.7 Å². The van der Waals surface area contributed by atoms with Crippen molar-refractivity contribution in [3.8, 4) is 5.75 Å². The number of ether oxygens (including phenoxy) is 1. The summed E-state index contributed by atoms with van der Waals surface area (Å²) in [4.78, 5) is 18.7. The van der Waals surface area contributed by atoms with Crippen LogP contribution in [-0.4, -0.2) is 40.3 Å². The Morgan fingerprint density at radius 3 is 2.62 bits per heavy atom. The van der Waals surface area contributed by atoms with E-state index in [2.05, 4.69) is 20.5 Å². The normalized spacial score (nSPS) is 14.1. The van der Waals surface area contributed by atoms with E-state index in [1.807, 2.05) is 11.8 Å². The summed E-state index contributed by atoms with van der Waals surface area (Å²) < 4.78 is 57.8. The van der Waals surface area contributed by atoms with Crippen molar-refractivity contribution < 1.29 is 27.1 Å². The standard InChI is InChI=1S/C21H17F4N5O2/c1-12-4-18(19(26-8-12)20(31)29-15-2-3-27-28-9-15)30-10-17(11-30)32-16-6-13(21(23,24)25)5-14(22)7-16/h2-9,17H,10-11H2,1H3,(H,27,29,31). The number of nitrogens with one attached hydrogen (secondary N) is 1. The van der Waals surface area contributed by atoms with E-state index < -0.39 is 29.6 Å². The largest absolute Gasteiger partial charge is 0.487 e. The predicted octanol–water partition coefficient (Wildman–Crippen LogP) is 3.86. The summed E-state index contributed by atoms with van der Waals surface area (Å²) in [6.45, 7) is 2.41. The Hall–Kier alpha value is -3.76. The van der Waals surface area contributed by atoms with Crippen molar-refractivity contribution in [3.63, 3.8) is 0 Å². The number of amides is 1. The molecule has 1 fully saturated rings. The lowest BCUT2D eigenvalue weighted by Gasteiger charge is -2.41. The van der Waals surface area contributed by atoms with Gasteiger partial charge in [0, 0.05) is 12.3 Å². The highest BCUT2D eigenvalue weighted by Crippen LogP contribution is 2.34. The monoisotopic (exact) mass is 447 g/mol. The maximum absolute atomic E-state index is 13.6. The number of aryl methyl sites for hydroxylation is 1. The molecule has 0 unspecified atom stereocenters. The lowest BCUT2D eigenvalue weighted by Crippen LogP contribution is -2.54. The van der Waals surface area contributed by atoms with Crippen LogP contribution >= 0.6 is 0 Å². The van der Waals surface area contributed by atoms with Crippen molar-refractivity contribution >= 4 is 17.3 Å². The van der Waals surface area contributed by atoms with Crippen LogP contribution in [0.25, 0.3) is 0 Å². The molecule has 1 saturated heterocycles. The number of nitrogens with zero attached hydrogens (tertiary/aromatic N) is 4. The Morgan fingerprint density at radius 1 is 1.16 bits per heavy atom. The summed E-state index contributed by atoms with van der Waals surface area (Å²) in [5, 5.41) is 10.0. The highest BCUT2D eigenvalue weighted by Gasteiger charge is 2.34. The second kappa shape index (κ2) is 8.40. The minimum absolute atomic E-state index is 0.177. The molecule has 1 N–H and O–H groups in total. The quantitative estimate of drug-likeness (QED) is 0.599. The first-order valence-corrected chi connectivity index (χ1v) is 9.53. The van der Waals surface area contributed by atoms with Crippen LogP contribution in [0.15, 0.2) is 48.9 Å². The molecule has 1 amide bonds. The molecule has 7 nitrogen and oxygen atoms in total. The molecule has 1 aliphatic heterocycles. The topological polar surface area (TPSA) is 80.2 Å². The number of hydrogen-bond acceptors (Lipinski definition) is 6. The molecule has 2 aromatic heterocycles. The van der Waals surface area contributed by atoms with Crippen LogP contribution in [0.2, 0.25) is 0 Å². The molecule has 0 bridgehead atoms. The zero-order valence-electron chi connectivity index (χ0n) is 16.7. The second-order valence-electron chi connectivity index (χ2n) is 7.28. The number of hydrogen-bond donors (Lipinski definition) is 1. The van der Waals surface area contributed by atoms with Gasteiger partial charge in [0.25, 0.3) is 5.91 Å². The summed E-state index contributed by atoms with van der Waals surface area (Å²) in [5.74, 6) is -1.68. The van der Waals surface area contributed by atoms with Crippen LogP contribution in [0, 0.1) is 12.7 Å². The molecular weight excluding hydrogens is 430 g/mol. The number of aromatic nitrogens is 3. The second-order valence-corrected chi connectivity index (χ2v) is 7.28. The first-order chi connectivity index (χ1) is 15.2. The number of pyridine rings is 1. The van der Waals surface area contributed by atoms with Crippen LogP contribution in [0.5, 0.6) is 5.75 Å². The predicted molar refractivity (Wildman–Crippen MR) is 107 cm³/mol. The minimum Gasteiger partial charge on any atom is -0.487 e. The van der Waals surface area contributed by atoms with Gasteiger partial charge in [-0.2, -0.15) is 23.4 Å². The third-order valence-corrected chi connectivity index (χ3v) is 4.75. The molecule has 0 aliphatic carbocycles. The zero-order chi connectivity index (χ0) is 22.9. The van der Waals surface area contributed by atoms with Crippen LogP contribution < -0.4 is 15.0 Å². The minimum atomic E-state index is -4.67. The Balaban J connectivity index is 1.46. The van der Waals surface area contributed by atoms with E-state index in [0.29, 0.717) is 30.5 Å². The summed E-state index contributed by atoms with van der Waals surface area (Å²) in [7, 11) is 0. The van der Waals surface area contributed by atoms with Gasteiger partial charge in [-0.15, -0.1) is 0 Å². The first-order valence-electron chi connectivity index (χ1n) is 9.53. The average Bonchev–Trinajstić information content (AvgIpc) is 2.70. The van der Waals surface area contributed by atoms with Crippen molar-refractivity contribution in [1.29, 1.82) is 0 Å². The number of anilines is 2. The molecule has 1 aliphatic rings. The highest BCUT2D eigenvalue weighted by atomic mass is 19.4.